The minimum absolute atomic E-state index is 0.115. The van der Waals surface area contributed by atoms with Gasteiger partial charge in [-0.05, 0) is 38.7 Å². The number of hydrogen-bond donors (Lipinski definition) is 0. The first-order valence-electron chi connectivity index (χ1n) is 7.68. The summed E-state index contributed by atoms with van der Waals surface area (Å²) < 4.78 is 28.7. The Kier molecular flexibility index (Phi) is 4.03. The Labute approximate surface area is 146 Å². The molecule has 2 aliphatic rings. The maximum Gasteiger partial charge on any atom is 0.410 e. The summed E-state index contributed by atoms with van der Waals surface area (Å²) in [6.45, 7) is 6.67. The Morgan fingerprint density at radius 1 is 1.29 bits per heavy atom. The number of ether oxygens (including phenoxy) is 1. The van der Waals surface area contributed by atoms with Crippen molar-refractivity contribution in [1.82, 2.24) is 14.9 Å². The number of sulfone groups is 1. The Hall–Kier alpha value is -1.41. The zero-order valence-electron chi connectivity index (χ0n) is 14.0. The van der Waals surface area contributed by atoms with Gasteiger partial charge in [0.05, 0.1) is 5.69 Å². The average molecular weight is 374 g/mol. The van der Waals surface area contributed by atoms with Crippen molar-refractivity contribution in [3.63, 3.8) is 0 Å². The molecule has 0 bridgehead atoms. The van der Waals surface area contributed by atoms with Crippen LogP contribution in [0.25, 0.3) is 0 Å². The molecule has 0 radical (unpaired) electrons. The molecular formula is C15H20ClN3O4S. The van der Waals surface area contributed by atoms with Gasteiger partial charge in [-0.1, -0.05) is 11.6 Å². The minimum Gasteiger partial charge on any atom is -0.444 e. The standard InChI is InChI=1S/C15H20ClN3O4S/c1-15(2,3)23-14(20)19-6-8-9(7-19)12(8)10-5-11(16)18-13(17-10)24(4,21)22/h5,8-9,12H,6-7H2,1-4H3/t8-,9+,12+. The molecule has 2 heterocycles. The largest absolute Gasteiger partial charge is 0.444 e. The van der Waals surface area contributed by atoms with Crippen LogP contribution in [0.5, 0.6) is 0 Å². The summed E-state index contributed by atoms with van der Waals surface area (Å²) in [4.78, 5) is 21.7. The molecule has 1 aromatic rings. The number of aromatic nitrogens is 2. The molecule has 9 heteroatoms. The number of carbonyl (C=O) groups is 1. The maximum absolute atomic E-state index is 12.1. The van der Waals surface area contributed by atoms with E-state index in [1.54, 1.807) is 11.0 Å². The van der Waals surface area contributed by atoms with Gasteiger partial charge in [0.1, 0.15) is 10.8 Å². The van der Waals surface area contributed by atoms with Gasteiger partial charge in [-0.15, -0.1) is 0 Å². The summed E-state index contributed by atoms with van der Waals surface area (Å²) in [6, 6.07) is 1.61. The van der Waals surface area contributed by atoms with E-state index in [9.17, 15) is 13.2 Å². The summed E-state index contributed by atoms with van der Waals surface area (Å²) >= 11 is 5.94. The van der Waals surface area contributed by atoms with E-state index in [1.807, 2.05) is 20.8 Å². The van der Waals surface area contributed by atoms with Gasteiger partial charge in [0, 0.05) is 25.3 Å². The van der Waals surface area contributed by atoms with Crippen LogP contribution >= 0.6 is 11.6 Å². The summed E-state index contributed by atoms with van der Waals surface area (Å²) in [5.74, 6) is 0.636. The third-order valence-corrected chi connectivity index (χ3v) is 5.25. The van der Waals surface area contributed by atoms with Crippen molar-refractivity contribution in [3.8, 4) is 0 Å². The van der Waals surface area contributed by atoms with Crippen LogP contribution in [0.15, 0.2) is 11.2 Å². The summed E-state index contributed by atoms with van der Waals surface area (Å²) in [5, 5.41) is -0.131. The first-order valence-corrected chi connectivity index (χ1v) is 9.95. The topological polar surface area (TPSA) is 89.5 Å². The van der Waals surface area contributed by atoms with Gasteiger partial charge < -0.3 is 9.64 Å². The second kappa shape index (κ2) is 5.56. The van der Waals surface area contributed by atoms with Crippen LogP contribution in [-0.2, 0) is 14.6 Å². The molecule has 0 spiro atoms. The van der Waals surface area contributed by atoms with Gasteiger partial charge in [0.15, 0.2) is 0 Å². The fourth-order valence-electron chi connectivity index (χ4n) is 3.19. The van der Waals surface area contributed by atoms with Gasteiger partial charge in [-0.3, -0.25) is 0 Å². The first-order chi connectivity index (χ1) is 11.0. The van der Waals surface area contributed by atoms with Crippen LogP contribution in [0, 0.1) is 11.8 Å². The van der Waals surface area contributed by atoms with Crippen molar-refractivity contribution in [1.29, 1.82) is 0 Å². The Morgan fingerprint density at radius 2 is 1.88 bits per heavy atom. The van der Waals surface area contributed by atoms with E-state index in [0.717, 1.165) is 6.26 Å². The minimum atomic E-state index is -3.51. The monoisotopic (exact) mass is 373 g/mol. The van der Waals surface area contributed by atoms with E-state index < -0.39 is 15.4 Å². The molecule has 1 aliphatic heterocycles. The van der Waals surface area contributed by atoms with Crippen LogP contribution in [0.3, 0.4) is 0 Å². The van der Waals surface area contributed by atoms with Gasteiger partial charge in [0.25, 0.3) is 0 Å². The van der Waals surface area contributed by atoms with E-state index in [2.05, 4.69) is 9.97 Å². The third-order valence-electron chi connectivity index (χ3n) is 4.21. The molecule has 0 unspecified atom stereocenters. The van der Waals surface area contributed by atoms with Crippen LogP contribution in [0.1, 0.15) is 32.4 Å². The van der Waals surface area contributed by atoms with Crippen molar-refractivity contribution < 1.29 is 17.9 Å². The summed E-state index contributed by atoms with van der Waals surface area (Å²) in [7, 11) is -3.51. The zero-order valence-corrected chi connectivity index (χ0v) is 15.6. The van der Waals surface area contributed by atoms with E-state index in [4.69, 9.17) is 16.3 Å². The van der Waals surface area contributed by atoms with Crippen LogP contribution in [0.2, 0.25) is 5.15 Å². The van der Waals surface area contributed by atoms with Gasteiger partial charge >= 0.3 is 6.09 Å². The van der Waals surface area contributed by atoms with E-state index in [0.29, 0.717) is 18.8 Å². The number of nitrogens with zero attached hydrogens (tertiary/aromatic N) is 3. The van der Waals surface area contributed by atoms with Crippen LogP contribution in [0.4, 0.5) is 4.79 Å². The number of fused-ring (bicyclic) bond motifs is 1. The number of halogens is 1. The van der Waals surface area contributed by atoms with Crippen molar-refractivity contribution in [2.45, 2.75) is 37.4 Å². The SMILES string of the molecule is CC(C)(C)OC(=O)N1C[C@@H]2[C@H](C1)[C@H]2c1cc(Cl)nc(S(C)(=O)=O)n1. The smallest absolute Gasteiger partial charge is 0.410 e. The van der Waals surface area contributed by atoms with E-state index in [1.165, 1.54) is 0 Å². The fourth-order valence-corrected chi connectivity index (χ4v) is 3.97. The van der Waals surface area contributed by atoms with Crippen molar-refractivity contribution in [2.75, 3.05) is 19.3 Å². The third kappa shape index (κ3) is 3.49. The number of hydrogen-bond acceptors (Lipinski definition) is 6. The molecule has 1 saturated carbocycles. The number of piperidine rings is 1. The number of carbonyl (C=O) groups excluding carboxylic acids is 1. The summed E-state index contributed by atoms with van der Waals surface area (Å²) in [6.07, 6.45) is 0.742. The highest BCUT2D eigenvalue weighted by molar-refractivity contribution is 7.90. The van der Waals surface area contributed by atoms with Crippen molar-refractivity contribution >= 4 is 27.5 Å². The second-order valence-electron chi connectivity index (χ2n) is 7.41. The number of rotatable bonds is 2. The Morgan fingerprint density at radius 3 is 2.38 bits per heavy atom. The van der Waals surface area contributed by atoms with Gasteiger partial charge in [0.2, 0.25) is 15.0 Å². The predicted octanol–water partition coefficient (Wildman–Crippen LogP) is 2.11. The lowest BCUT2D eigenvalue weighted by molar-refractivity contribution is 0.0270. The first kappa shape index (κ1) is 17.4. The maximum atomic E-state index is 12.1. The lowest BCUT2D eigenvalue weighted by Crippen LogP contribution is -2.36. The molecule has 132 valence electrons. The molecule has 1 amide bonds. The molecular weight excluding hydrogens is 354 g/mol. The normalized spacial score (nSPS) is 26.2. The van der Waals surface area contributed by atoms with Gasteiger partial charge in [-0.2, -0.15) is 0 Å². The van der Waals surface area contributed by atoms with Crippen LogP contribution < -0.4 is 0 Å². The van der Waals surface area contributed by atoms with Crippen molar-refractivity contribution in [3.05, 3.63) is 16.9 Å². The Bertz CT molecular complexity index is 778. The Balaban J connectivity index is 1.70. The predicted molar refractivity (Wildman–Crippen MR) is 87.7 cm³/mol. The molecule has 1 saturated heterocycles. The highest BCUT2D eigenvalue weighted by atomic mass is 35.5. The second-order valence-corrected chi connectivity index (χ2v) is 9.71. The number of likely N-dealkylation sites (tertiary alicyclic amines) is 1. The fraction of sp³-hybridized carbons (Fsp3) is 0.667. The zero-order chi connectivity index (χ0) is 17.9. The lowest BCUT2D eigenvalue weighted by atomic mass is 10.2. The number of amides is 1. The molecule has 1 aromatic heterocycles. The highest BCUT2D eigenvalue weighted by Crippen LogP contribution is 2.58. The lowest BCUT2D eigenvalue weighted by Gasteiger charge is -2.25. The van der Waals surface area contributed by atoms with E-state index in [-0.39, 0.29) is 34.2 Å². The van der Waals surface area contributed by atoms with Crippen molar-refractivity contribution in [2.24, 2.45) is 11.8 Å². The van der Waals surface area contributed by atoms with E-state index >= 15 is 0 Å². The molecule has 2 fully saturated rings. The van der Waals surface area contributed by atoms with Crippen LogP contribution in [-0.4, -0.2) is 54.3 Å². The molecule has 0 aromatic carbocycles. The molecule has 3 atom stereocenters. The highest BCUT2D eigenvalue weighted by Gasteiger charge is 2.58. The molecule has 24 heavy (non-hydrogen) atoms. The quantitative estimate of drug-likeness (QED) is 0.582. The molecule has 1 aliphatic carbocycles. The molecule has 7 nitrogen and oxygen atoms in total. The molecule has 0 N–H and O–H groups in total. The average Bonchev–Trinajstić information content (AvgIpc) is 2.89. The molecule has 3 rings (SSSR count). The van der Waals surface area contributed by atoms with Gasteiger partial charge in [-0.25, -0.2) is 23.2 Å². The summed E-state index contributed by atoms with van der Waals surface area (Å²) in [5.41, 5.74) is 0.114.